The van der Waals surface area contributed by atoms with Crippen LogP contribution in [0.15, 0.2) is 24.3 Å². The first-order valence-corrected chi connectivity index (χ1v) is 9.89. The third-order valence-corrected chi connectivity index (χ3v) is 5.07. The van der Waals surface area contributed by atoms with Crippen molar-refractivity contribution in [1.82, 2.24) is 0 Å². The number of nitrogens with one attached hydrogen (secondary N) is 2. The molecule has 10 heteroatoms. The fourth-order valence-corrected chi connectivity index (χ4v) is 3.82. The quantitative estimate of drug-likeness (QED) is 0.439. The molecular formula is C19H20N2O6S2. The van der Waals surface area contributed by atoms with Crippen LogP contribution in [0.2, 0.25) is 0 Å². The Morgan fingerprint density at radius 3 is 2.38 bits per heavy atom. The number of thiocarbonyl (C=S) groups is 1. The normalized spacial score (nSPS) is 10.2. The van der Waals surface area contributed by atoms with Crippen LogP contribution in [0.4, 0.5) is 10.7 Å². The molecule has 1 heterocycles. The SMILES string of the molecule is CCOC(=O)c1sc(NC(=S)Nc2cccc(C(=O)O)c2)c(C(=O)OCC)c1C. The van der Waals surface area contributed by atoms with Crippen molar-refractivity contribution < 1.29 is 29.0 Å². The molecule has 0 aliphatic carbocycles. The minimum Gasteiger partial charge on any atom is -0.478 e. The number of carboxylic acids is 1. The van der Waals surface area contributed by atoms with Crippen LogP contribution >= 0.6 is 23.6 Å². The average molecular weight is 437 g/mol. The average Bonchev–Trinajstić information content (AvgIpc) is 2.98. The van der Waals surface area contributed by atoms with E-state index in [4.69, 9.17) is 26.8 Å². The fourth-order valence-electron chi connectivity index (χ4n) is 2.44. The van der Waals surface area contributed by atoms with Gasteiger partial charge in [0.1, 0.15) is 9.88 Å². The van der Waals surface area contributed by atoms with Crippen molar-refractivity contribution in [2.45, 2.75) is 20.8 Å². The monoisotopic (exact) mass is 436 g/mol. The van der Waals surface area contributed by atoms with Crippen LogP contribution in [0.3, 0.4) is 0 Å². The first-order chi connectivity index (χ1) is 13.8. The summed E-state index contributed by atoms with van der Waals surface area (Å²) in [5.74, 6) is -2.19. The summed E-state index contributed by atoms with van der Waals surface area (Å²) in [5.41, 5.74) is 1.19. The van der Waals surface area contributed by atoms with Gasteiger partial charge >= 0.3 is 17.9 Å². The molecule has 3 N–H and O–H groups in total. The summed E-state index contributed by atoms with van der Waals surface area (Å²) >= 11 is 6.30. The molecule has 0 spiro atoms. The van der Waals surface area contributed by atoms with Crippen molar-refractivity contribution in [2.75, 3.05) is 23.8 Å². The van der Waals surface area contributed by atoms with Gasteiger partial charge in [-0.3, -0.25) is 0 Å². The number of carbonyl (C=O) groups excluding carboxylic acids is 2. The lowest BCUT2D eigenvalue weighted by Crippen LogP contribution is -2.20. The van der Waals surface area contributed by atoms with Crippen molar-refractivity contribution in [3.8, 4) is 0 Å². The maximum absolute atomic E-state index is 12.4. The van der Waals surface area contributed by atoms with Gasteiger partial charge in [0.15, 0.2) is 5.11 Å². The molecule has 0 unspecified atom stereocenters. The van der Waals surface area contributed by atoms with E-state index in [0.29, 0.717) is 16.3 Å². The molecule has 0 amide bonds. The number of carbonyl (C=O) groups is 3. The van der Waals surface area contributed by atoms with Gasteiger partial charge in [-0.15, -0.1) is 11.3 Å². The zero-order valence-corrected chi connectivity index (χ0v) is 17.7. The standard InChI is InChI=1S/C19H20N2O6S2/c1-4-26-17(24)13-10(3)14(18(25)27-5-2)29-15(13)21-19(28)20-12-8-6-7-11(9-12)16(22)23/h6-9H,4-5H2,1-3H3,(H,22,23)(H2,20,21,28). The molecule has 0 atom stereocenters. The first-order valence-electron chi connectivity index (χ1n) is 8.67. The number of anilines is 2. The molecular weight excluding hydrogens is 416 g/mol. The van der Waals surface area contributed by atoms with Gasteiger partial charge in [0, 0.05) is 5.69 Å². The molecule has 154 valence electrons. The highest BCUT2D eigenvalue weighted by molar-refractivity contribution is 7.80. The van der Waals surface area contributed by atoms with E-state index < -0.39 is 17.9 Å². The second-order valence-electron chi connectivity index (χ2n) is 5.67. The summed E-state index contributed by atoms with van der Waals surface area (Å²) in [4.78, 5) is 36.0. The number of benzene rings is 1. The fraction of sp³-hybridized carbons (Fsp3) is 0.263. The third-order valence-electron chi connectivity index (χ3n) is 3.68. The summed E-state index contributed by atoms with van der Waals surface area (Å²) in [5, 5.41) is 15.3. The highest BCUT2D eigenvalue weighted by Gasteiger charge is 2.26. The van der Waals surface area contributed by atoms with Crippen molar-refractivity contribution in [3.05, 3.63) is 45.8 Å². The lowest BCUT2D eigenvalue weighted by atomic mass is 10.1. The van der Waals surface area contributed by atoms with E-state index in [2.05, 4.69) is 10.6 Å². The van der Waals surface area contributed by atoms with Crippen LogP contribution in [-0.4, -0.2) is 41.3 Å². The van der Waals surface area contributed by atoms with E-state index in [1.807, 2.05) is 0 Å². The van der Waals surface area contributed by atoms with E-state index in [-0.39, 0.29) is 34.3 Å². The summed E-state index contributed by atoms with van der Waals surface area (Å²) in [7, 11) is 0. The number of carboxylic acid groups (broad SMARTS) is 1. The Hall–Kier alpha value is -2.98. The van der Waals surface area contributed by atoms with Crippen molar-refractivity contribution in [2.24, 2.45) is 0 Å². The van der Waals surface area contributed by atoms with E-state index in [0.717, 1.165) is 11.3 Å². The minimum atomic E-state index is -1.06. The molecule has 0 aliphatic heterocycles. The van der Waals surface area contributed by atoms with Gasteiger partial charge in [0.05, 0.1) is 24.3 Å². The highest BCUT2D eigenvalue weighted by atomic mass is 32.1. The molecule has 0 aliphatic rings. The number of ether oxygens (including phenoxy) is 2. The molecule has 0 fully saturated rings. The van der Waals surface area contributed by atoms with Crippen LogP contribution in [-0.2, 0) is 9.47 Å². The van der Waals surface area contributed by atoms with Crippen LogP contribution < -0.4 is 10.6 Å². The number of hydrogen-bond donors (Lipinski definition) is 3. The van der Waals surface area contributed by atoms with E-state index >= 15 is 0 Å². The van der Waals surface area contributed by atoms with Gasteiger partial charge < -0.3 is 25.2 Å². The Morgan fingerprint density at radius 2 is 1.76 bits per heavy atom. The smallest absolute Gasteiger partial charge is 0.348 e. The molecule has 0 saturated heterocycles. The predicted molar refractivity (Wildman–Crippen MR) is 114 cm³/mol. The minimum absolute atomic E-state index is 0.0987. The maximum atomic E-state index is 12.4. The summed E-state index contributed by atoms with van der Waals surface area (Å²) in [6.45, 7) is 5.38. The van der Waals surface area contributed by atoms with Crippen LogP contribution in [0.5, 0.6) is 0 Å². The molecule has 0 saturated carbocycles. The third kappa shape index (κ3) is 5.52. The number of aromatic carboxylic acids is 1. The molecule has 1 aromatic carbocycles. The van der Waals surface area contributed by atoms with Gasteiger partial charge in [0.25, 0.3) is 0 Å². The largest absolute Gasteiger partial charge is 0.478 e. The lowest BCUT2D eigenvalue weighted by Gasteiger charge is -2.11. The predicted octanol–water partition coefficient (Wildman–Crippen LogP) is 3.92. The highest BCUT2D eigenvalue weighted by Crippen LogP contribution is 2.34. The number of rotatable bonds is 7. The molecule has 29 heavy (non-hydrogen) atoms. The van der Waals surface area contributed by atoms with Gasteiger partial charge in [-0.05, 0) is 56.8 Å². The summed E-state index contributed by atoms with van der Waals surface area (Å²) in [6, 6.07) is 6.10. The van der Waals surface area contributed by atoms with Gasteiger partial charge in [0.2, 0.25) is 0 Å². The van der Waals surface area contributed by atoms with Crippen LogP contribution in [0, 0.1) is 6.92 Å². The summed E-state index contributed by atoms with van der Waals surface area (Å²) < 4.78 is 10.1. The Kier molecular flexibility index (Phi) is 7.68. The Labute approximate surface area is 176 Å². The molecule has 2 aromatic rings. The van der Waals surface area contributed by atoms with E-state index in [1.54, 1.807) is 32.9 Å². The first kappa shape index (κ1) is 22.3. The van der Waals surface area contributed by atoms with Gasteiger partial charge in [-0.25, -0.2) is 14.4 Å². The van der Waals surface area contributed by atoms with E-state index in [9.17, 15) is 14.4 Å². The number of hydrogen-bond acceptors (Lipinski definition) is 7. The Morgan fingerprint density at radius 1 is 1.10 bits per heavy atom. The molecule has 0 radical (unpaired) electrons. The Bertz CT molecular complexity index is 954. The van der Waals surface area contributed by atoms with E-state index in [1.165, 1.54) is 12.1 Å². The second kappa shape index (κ2) is 9.99. The van der Waals surface area contributed by atoms with Crippen molar-refractivity contribution >= 4 is 57.3 Å². The molecule has 8 nitrogen and oxygen atoms in total. The number of thiophene rings is 1. The molecule has 1 aromatic heterocycles. The van der Waals surface area contributed by atoms with Crippen molar-refractivity contribution in [1.29, 1.82) is 0 Å². The molecule has 2 rings (SSSR count). The number of esters is 2. The Balaban J connectivity index is 2.30. The van der Waals surface area contributed by atoms with Gasteiger partial charge in [-0.2, -0.15) is 0 Å². The zero-order valence-electron chi connectivity index (χ0n) is 16.0. The van der Waals surface area contributed by atoms with Crippen LogP contribution in [0.1, 0.15) is 49.8 Å². The van der Waals surface area contributed by atoms with Crippen LogP contribution in [0.25, 0.3) is 0 Å². The zero-order chi connectivity index (χ0) is 21.6. The second-order valence-corrected chi connectivity index (χ2v) is 7.10. The topological polar surface area (TPSA) is 114 Å². The lowest BCUT2D eigenvalue weighted by molar-refractivity contribution is 0.0526. The van der Waals surface area contributed by atoms with Gasteiger partial charge in [-0.1, -0.05) is 6.07 Å². The summed E-state index contributed by atoms with van der Waals surface area (Å²) in [6.07, 6.45) is 0. The molecule has 0 bridgehead atoms. The van der Waals surface area contributed by atoms with Crippen molar-refractivity contribution in [3.63, 3.8) is 0 Å². The maximum Gasteiger partial charge on any atom is 0.348 e.